The van der Waals surface area contributed by atoms with Gasteiger partial charge in [-0.1, -0.05) is 18.7 Å². The van der Waals surface area contributed by atoms with Crippen LogP contribution in [0.3, 0.4) is 0 Å². The van der Waals surface area contributed by atoms with Crippen molar-refractivity contribution in [2.45, 2.75) is 0 Å². The molecule has 6 nitrogen and oxygen atoms in total. The number of fused-ring (bicyclic) bond motifs is 1. The second-order valence-electron chi connectivity index (χ2n) is 5.15. The molecule has 1 heterocycles. The largest absolute Gasteiger partial charge is 0.289 e. The minimum atomic E-state index is -0.532. The van der Waals surface area contributed by atoms with Crippen molar-refractivity contribution in [2.75, 3.05) is 4.90 Å². The van der Waals surface area contributed by atoms with Gasteiger partial charge in [-0.2, -0.15) is 0 Å². The first-order chi connectivity index (χ1) is 11.5. The molecule has 24 heavy (non-hydrogen) atoms. The summed E-state index contributed by atoms with van der Waals surface area (Å²) in [5, 5.41) is 10.7. The molecule has 0 unspecified atom stereocenters. The molecular formula is C18H12N2O4. The van der Waals surface area contributed by atoms with Gasteiger partial charge in [0.15, 0.2) is 5.78 Å². The number of non-ortho nitro benzene ring substituents is 1. The van der Waals surface area contributed by atoms with E-state index < -0.39 is 10.8 Å². The van der Waals surface area contributed by atoms with E-state index in [9.17, 15) is 19.7 Å². The second-order valence-corrected chi connectivity index (χ2v) is 5.15. The van der Waals surface area contributed by atoms with Gasteiger partial charge in [-0.05, 0) is 36.4 Å². The number of nitrogens with zero attached hydrogens (tertiary/aromatic N) is 2. The highest BCUT2D eigenvalue weighted by Crippen LogP contribution is 2.29. The number of amides is 1. The van der Waals surface area contributed by atoms with Crippen LogP contribution in [0.2, 0.25) is 0 Å². The summed E-state index contributed by atoms with van der Waals surface area (Å²) in [5.41, 5.74) is 1.33. The Balaban J connectivity index is 2.06. The lowest BCUT2D eigenvalue weighted by Gasteiger charge is -2.23. The fourth-order valence-corrected chi connectivity index (χ4v) is 2.46. The molecule has 2 aromatic rings. The van der Waals surface area contributed by atoms with Crippen LogP contribution in [-0.4, -0.2) is 16.6 Å². The van der Waals surface area contributed by atoms with Crippen LogP contribution in [0.25, 0.3) is 0 Å². The number of hydrogen-bond acceptors (Lipinski definition) is 4. The lowest BCUT2D eigenvalue weighted by atomic mass is 10.1. The number of rotatable bonds is 2. The average Bonchev–Trinajstić information content (AvgIpc) is 2.72. The number of nitro groups is 1. The number of carbonyl (C=O) groups is 2. The van der Waals surface area contributed by atoms with Crippen LogP contribution in [0.1, 0.15) is 20.7 Å². The predicted molar refractivity (Wildman–Crippen MR) is 89.0 cm³/mol. The van der Waals surface area contributed by atoms with E-state index in [1.54, 1.807) is 24.3 Å². The van der Waals surface area contributed by atoms with Gasteiger partial charge >= 0.3 is 0 Å². The van der Waals surface area contributed by atoms with Gasteiger partial charge in [0.2, 0.25) is 0 Å². The van der Waals surface area contributed by atoms with E-state index in [0.29, 0.717) is 16.9 Å². The Morgan fingerprint density at radius 2 is 1.71 bits per heavy atom. The molecule has 0 spiro atoms. The lowest BCUT2D eigenvalue weighted by Crippen LogP contribution is -2.29. The normalized spacial score (nSPS) is 13.4. The fourth-order valence-electron chi connectivity index (χ4n) is 2.46. The first-order valence-corrected chi connectivity index (χ1v) is 7.08. The summed E-state index contributed by atoms with van der Waals surface area (Å²) in [4.78, 5) is 36.5. The van der Waals surface area contributed by atoms with E-state index in [-0.39, 0.29) is 17.0 Å². The zero-order valence-corrected chi connectivity index (χ0v) is 12.5. The molecule has 1 aliphatic heterocycles. The van der Waals surface area contributed by atoms with Crippen LogP contribution in [0.4, 0.5) is 11.4 Å². The minimum Gasteiger partial charge on any atom is -0.289 e. The second kappa shape index (κ2) is 5.92. The molecule has 6 heteroatoms. The van der Waals surface area contributed by atoms with Crippen LogP contribution in [0.15, 0.2) is 73.0 Å². The van der Waals surface area contributed by atoms with Crippen LogP contribution >= 0.6 is 0 Å². The van der Waals surface area contributed by atoms with Gasteiger partial charge in [-0.25, -0.2) is 0 Å². The van der Waals surface area contributed by atoms with Gasteiger partial charge in [0.1, 0.15) is 0 Å². The monoisotopic (exact) mass is 320 g/mol. The molecule has 1 amide bonds. The smallest absolute Gasteiger partial charge is 0.269 e. The van der Waals surface area contributed by atoms with Gasteiger partial charge in [-0.15, -0.1) is 0 Å². The van der Waals surface area contributed by atoms with Gasteiger partial charge in [0, 0.05) is 29.0 Å². The Morgan fingerprint density at radius 3 is 2.38 bits per heavy atom. The van der Waals surface area contributed by atoms with Crippen molar-refractivity contribution in [1.29, 1.82) is 0 Å². The molecule has 0 aromatic heterocycles. The molecule has 0 saturated heterocycles. The summed E-state index contributed by atoms with van der Waals surface area (Å²) in [5.74, 6) is -0.632. The van der Waals surface area contributed by atoms with E-state index >= 15 is 0 Å². The summed E-state index contributed by atoms with van der Waals surface area (Å²) in [6.07, 6.45) is 2.84. The number of anilines is 1. The van der Waals surface area contributed by atoms with E-state index in [1.165, 1.54) is 41.3 Å². The zero-order valence-electron chi connectivity index (χ0n) is 12.5. The van der Waals surface area contributed by atoms with Crippen LogP contribution in [0, 0.1) is 10.1 Å². The molecular weight excluding hydrogens is 308 g/mol. The Bertz CT molecular complexity index is 897. The number of ketones is 1. The van der Waals surface area contributed by atoms with E-state index in [0.717, 1.165) is 0 Å². The minimum absolute atomic E-state index is 0.100. The van der Waals surface area contributed by atoms with Crippen molar-refractivity contribution < 1.29 is 14.5 Å². The van der Waals surface area contributed by atoms with Gasteiger partial charge in [-0.3, -0.25) is 24.6 Å². The van der Waals surface area contributed by atoms with E-state index in [4.69, 9.17) is 0 Å². The summed E-state index contributed by atoms with van der Waals surface area (Å²) in [7, 11) is 0. The fraction of sp³-hybridized carbons (Fsp3) is 0. The number of allylic oxidation sites excluding steroid dienone is 2. The van der Waals surface area contributed by atoms with Gasteiger partial charge < -0.3 is 0 Å². The van der Waals surface area contributed by atoms with Gasteiger partial charge in [0.25, 0.3) is 11.6 Å². The third kappa shape index (κ3) is 2.61. The lowest BCUT2D eigenvalue weighted by molar-refractivity contribution is -0.384. The zero-order chi connectivity index (χ0) is 17.3. The maximum Gasteiger partial charge on any atom is 0.269 e. The van der Waals surface area contributed by atoms with Crippen molar-refractivity contribution in [3.63, 3.8) is 0 Å². The highest BCUT2D eigenvalue weighted by atomic mass is 16.6. The third-order valence-corrected chi connectivity index (χ3v) is 3.65. The van der Waals surface area contributed by atoms with E-state index in [1.807, 2.05) is 0 Å². The first-order valence-electron chi connectivity index (χ1n) is 7.08. The summed E-state index contributed by atoms with van der Waals surface area (Å²) in [6.45, 7) is 3.84. The molecule has 0 N–H and O–H groups in total. The van der Waals surface area contributed by atoms with Crippen LogP contribution < -0.4 is 4.90 Å². The molecule has 0 aliphatic carbocycles. The Hall–Kier alpha value is -3.54. The topological polar surface area (TPSA) is 80.5 Å². The molecule has 2 aromatic carbocycles. The number of hydrogen-bond donors (Lipinski definition) is 0. The number of carbonyl (C=O) groups excluding carboxylic acids is 2. The number of benzene rings is 2. The summed E-state index contributed by atoms with van der Waals surface area (Å²) < 4.78 is 0. The van der Waals surface area contributed by atoms with Gasteiger partial charge in [0.05, 0.1) is 10.6 Å². The van der Waals surface area contributed by atoms with Crippen molar-refractivity contribution in [3.05, 3.63) is 94.2 Å². The Kier molecular flexibility index (Phi) is 3.79. The van der Waals surface area contributed by atoms with Crippen LogP contribution in [0.5, 0.6) is 0 Å². The molecule has 3 rings (SSSR count). The van der Waals surface area contributed by atoms with Crippen molar-refractivity contribution >= 4 is 23.1 Å². The standard InChI is InChI=1S/C18H12N2O4/c1-12-6-11-17(21)15-4-2-3-5-16(15)19(12)18(22)13-7-9-14(10-8-13)20(23)24/h2-11H,1H2. The molecule has 0 atom stereocenters. The number of nitro benzene ring substituents is 1. The summed E-state index contributed by atoms with van der Waals surface area (Å²) in [6, 6.07) is 12.0. The Morgan fingerprint density at radius 1 is 1.04 bits per heavy atom. The molecule has 0 bridgehead atoms. The number of para-hydroxylation sites is 1. The molecule has 0 fully saturated rings. The molecule has 1 aliphatic rings. The Labute approximate surface area is 137 Å². The molecule has 118 valence electrons. The first kappa shape index (κ1) is 15.4. The molecule has 0 saturated carbocycles. The van der Waals surface area contributed by atoms with Crippen molar-refractivity contribution in [1.82, 2.24) is 0 Å². The maximum absolute atomic E-state index is 12.9. The van der Waals surface area contributed by atoms with Crippen molar-refractivity contribution in [3.8, 4) is 0 Å². The average molecular weight is 320 g/mol. The predicted octanol–water partition coefficient (Wildman–Crippen LogP) is 3.51. The maximum atomic E-state index is 12.9. The quantitative estimate of drug-likeness (QED) is 0.626. The molecule has 0 radical (unpaired) electrons. The summed E-state index contributed by atoms with van der Waals surface area (Å²) >= 11 is 0. The third-order valence-electron chi connectivity index (χ3n) is 3.65. The van der Waals surface area contributed by atoms with Crippen molar-refractivity contribution in [2.24, 2.45) is 0 Å². The SMILES string of the molecule is C=C1C=CC(=O)c2ccccc2N1C(=O)c1ccc([N+](=O)[O-])cc1. The highest BCUT2D eigenvalue weighted by molar-refractivity contribution is 6.16. The van der Waals surface area contributed by atoms with Crippen LogP contribution in [-0.2, 0) is 0 Å². The highest BCUT2D eigenvalue weighted by Gasteiger charge is 2.26. The van der Waals surface area contributed by atoms with E-state index in [2.05, 4.69) is 6.58 Å².